The van der Waals surface area contributed by atoms with Gasteiger partial charge in [0.1, 0.15) is 23.3 Å². The van der Waals surface area contributed by atoms with Crippen LogP contribution < -0.4 is 20.3 Å². The molecule has 3 heterocycles. The number of para-hydroxylation sites is 1. The molecule has 44 heavy (non-hydrogen) atoms. The maximum atomic E-state index is 12.5. The zero-order valence-corrected chi connectivity index (χ0v) is 24.5. The van der Waals surface area contributed by atoms with Gasteiger partial charge in [-0.15, -0.1) is 0 Å². The first-order valence-corrected chi connectivity index (χ1v) is 14.3. The predicted molar refractivity (Wildman–Crippen MR) is 170 cm³/mol. The molecular weight excluding hydrogens is 576 g/mol. The molecule has 1 saturated heterocycles. The van der Waals surface area contributed by atoms with Crippen LogP contribution in [0.3, 0.4) is 0 Å². The topological polar surface area (TPSA) is 106 Å². The van der Waals surface area contributed by atoms with E-state index in [-0.39, 0.29) is 24.6 Å². The summed E-state index contributed by atoms with van der Waals surface area (Å²) in [4.78, 5) is 31.2. The molecule has 2 aromatic heterocycles. The van der Waals surface area contributed by atoms with Crippen molar-refractivity contribution in [2.75, 3.05) is 23.9 Å². The minimum Gasteiger partial charge on any atom is -0.484 e. The number of carbonyl (C=O) groups excluding carboxylic acids is 2. The number of thiocarbonyl (C=S) groups is 1. The van der Waals surface area contributed by atoms with Gasteiger partial charge in [-0.3, -0.25) is 9.78 Å². The van der Waals surface area contributed by atoms with E-state index in [4.69, 9.17) is 26.1 Å². The van der Waals surface area contributed by atoms with Crippen LogP contribution in [0.4, 0.5) is 11.4 Å². The number of hydrogen-bond donors (Lipinski definition) is 2. The number of carbonyl (C=O) groups is 2. The summed E-state index contributed by atoms with van der Waals surface area (Å²) in [7, 11) is 1.35. The van der Waals surface area contributed by atoms with Crippen LogP contribution in [0.25, 0.3) is 11.3 Å². The van der Waals surface area contributed by atoms with E-state index in [0.29, 0.717) is 33.6 Å². The number of pyridine rings is 1. The van der Waals surface area contributed by atoms with Crippen molar-refractivity contribution in [3.63, 3.8) is 0 Å². The Hall–Kier alpha value is -5.48. The summed E-state index contributed by atoms with van der Waals surface area (Å²) >= 11 is 5.83. The molecule has 0 radical (unpaired) electrons. The largest absolute Gasteiger partial charge is 0.484 e. The van der Waals surface area contributed by atoms with Crippen molar-refractivity contribution in [2.24, 2.45) is 0 Å². The Labute approximate surface area is 259 Å². The molecule has 5 aromatic rings. The third-order valence-corrected chi connectivity index (χ3v) is 7.44. The normalized spacial score (nSPS) is 15.8. The van der Waals surface area contributed by atoms with Gasteiger partial charge in [-0.05, 0) is 85.0 Å². The number of nitrogens with one attached hydrogen (secondary N) is 2. The standard InChI is InChI=1S/C34H28N4O5S/c1-41-33(40)23-9-7-8-22(20-23)28-17-18-29(43-28)32-31(27-12-5-6-19-35-27)37-34(44)38(32)25-15-13-24(14-16-25)36-30(39)21-42-26-10-3-2-4-11-26/h2-20,31-32H,21H2,1H3,(H,36,39)(H,37,44). The second kappa shape index (κ2) is 12.8. The number of ether oxygens (including phenoxy) is 2. The van der Waals surface area contributed by atoms with Gasteiger partial charge in [0, 0.05) is 23.1 Å². The SMILES string of the molecule is COC(=O)c1cccc(-c2ccc(C3C(c4ccccn4)NC(=S)N3c3ccc(NC(=O)COc4ccccc4)cc3)o2)c1. The molecular formula is C34H28N4O5S. The van der Waals surface area contributed by atoms with Crippen LogP contribution in [0.2, 0.25) is 0 Å². The zero-order chi connectivity index (χ0) is 30.5. The second-order valence-corrected chi connectivity index (χ2v) is 10.4. The van der Waals surface area contributed by atoms with Gasteiger partial charge in [-0.1, -0.05) is 36.4 Å². The fraction of sp³-hybridized carbons (Fsp3) is 0.118. The first-order chi connectivity index (χ1) is 21.5. The molecule has 0 saturated carbocycles. The van der Waals surface area contributed by atoms with Crippen molar-refractivity contribution < 1.29 is 23.5 Å². The van der Waals surface area contributed by atoms with Gasteiger partial charge in [-0.2, -0.15) is 0 Å². The summed E-state index contributed by atoms with van der Waals surface area (Å²) in [6, 6.07) is 32.5. The Morgan fingerprint density at radius 2 is 1.75 bits per heavy atom. The Morgan fingerprint density at radius 1 is 0.955 bits per heavy atom. The van der Waals surface area contributed by atoms with Gasteiger partial charge in [0.25, 0.3) is 5.91 Å². The van der Waals surface area contributed by atoms with Gasteiger partial charge < -0.3 is 29.4 Å². The molecule has 6 rings (SSSR count). The molecule has 3 aromatic carbocycles. The molecule has 1 amide bonds. The molecule has 2 N–H and O–H groups in total. The number of rotatable bonds is 9. The highest BCUT2D eigenvalue weighted by atomic mass is 32.1. The quantitative estimate of drug-likeness (QED) is 0.148. The van der Waals surface area contributed by atoms with Crippen LogP contribution in [0.5, 0.6) is 5.75 Å². The Morgan fingerprint density at radius 3 is 2.50 bits per heavy atom. The van der Waals surface area contributed by atoms with E-state index in [1.54, 1.807) is 36.5 Å². The Kier molecular flexibility index (Phi) is 8.33. The maximum absolute atomic E-state index is 12.5. The fourth-order valence-electron chi connectivity index (χ4n) is 5.07. The molecule has 2 atom stereocenters. The van der Waals surface area contributed by atoms with Gasteiger partial charge >= 0.3 is 5.97 Å². The number of esters is 1. The minimum absolute atomic E-state index is 0.108. The van der Waals surface area contributed by atoms with Crippen LogP contribution in [-0.4, -0.2) is 35.7 Å². The van der Waals surface area contributed by atoms with Crippen molar-refractivity contribution in [1.82, 2.24) is 10.3 Å². The maximum Gasteiger partial charge on any atom is 0.337 e. The summed E-state index contributed by atoms with van der Waals surface area (Å²) in [5.41, 5.74) is 3.39. The van der Waals surface area contributed by atoms with E-state index in [1.807, 2.05) is 83.8 Å². The molecule has 1 aliphatic rings. The molecule has 10 heteroatoms. The molecule has 0 bridgehead atoms. The lowest BCUT2D eigenvalue weighted by Gasteiger charge is -2.26. The van der Waals surface area contributed by atoms with Crippen LogP contribution in [0, 0.1) is 0 Å². The lowest BCUT2D eigenvalue weighted by Crippen LogP contribution is -2.29. The number of amides is 1. The van der Waals surface area contributed by atoms with E-state index in [9.17, 15) is 9.59 Å². The number of methoxy groups -OCH3 is 1. The molecule has 1 fully saturated rings. The van der Waals surface area contributed by atoms with Gasteiger partial charge in [0.05, 0.1) is 24.4 Å². The summed E-state index contributed by atoms with van der Waals surface area (Å²) in [5, 5.41) is 6.78. The summed E-state index contributed by atoms with van der Waals surface area (Å²) in [6.45, 7) is -0.108. The van der Waals surface area contributed by atoms with E-state index in [1.165, 1.54) is 7.11 Å². The monoisotopic (exact) mass is 604 g/mol. The van der Waals surface area contributed by atoms with Gasteiger partial charge in [0.15, 0.2) is 11.7 Å². The van der Waals surface area contributed by atoms with Crippen LogP contribution in [0.15, 0.2) is 120 Å². The third kappa shape index (κ3) is 6.16. The Bertz CT molecular complexity index is 1780. The number of aromatic nitrogens is 1. The average Bonchev–Trinajstić information content (AvgIpc) is 3.69. The predicted octanol–water partition coefficient (Wildman–Crippen LogP) is 6.32. The molecule has 2 unspecified atom stereocenters. The van der Waals surface area contributed by atoms with E-state index in [0.717, 1.165) is 16.9 Å². The molecule has 0 aliphatic carbocycles. The van der Waals surface area contributed by atoms with Crippen molar-refractivity contribution in [1.29, 1.82) is 0 Å². The molecule has 9 nitrogen and oxygen atoms in total. The molecule has 220 valence electrons. The second-order valence-electron chi connectivity index (χ2n) is 9.97. The van der Waals surface area contributed by atoms with Crippen LogP contribution in [-0.2, 0) is 9.53 Å². The number of furan rings is 1. The fourth-order valence-corrected chi connectivity index (χ4v) is 5.42. The summed E-state index contributed by atoms with van der Waals surface area (Å²) < 4.78 is 16.8. The van der Waals surface area contributed by atoms with E-state index >= 15 is 0 Å². The van der Waals surface area contributed by atoms with E-state index < -0.39 is 5.97 Å². The van der Waals surface area contributed by atoms with Crippen molar-refractivity contribution >= 4 is 40.6 Å². The highest BCUT2D eigenvalue weighted by Gasteiger charge is 2.42. The molecule has 1 aliphatic heterocycles. The highest BCUT2D eigenvalue weighted by molar-refractivity contribution is 7.80. The minimum atomic E-state index is -0.422. The average molecular weight is 605 g/mol. The summed E-state index contributed by atoms with van der Waals surface area (Å²) in [5.74, 6) is 1.18. The summed E-state index contributed by atoms with van der Waals surface area (Å²) in [6.07, 6.45) is 1.74. The van der Waals surface area contributed by atoms with E-state index in [2.05, 4.69) is 15.6 Å². The first kappa shape index (κ1) is 28.6. The van der Waals surface area contributed by atoms with Crippen LogP contribution >= 0.6 is 12.2 Å². The lowest BCUT2D eigenvalue weighted by molar-refractivity contribution is -0.118. The number of benzene rings is 3. The smallest absolute Gasteiger partial charge is 0.337 e. The van der Waals surface area contributed by atoms with Gasteiger partial charge in [0.2, 0.25) is 0 Å². The van der Waals surface area contributed by atoms with Crippen LogP contribution in [0.1, 0.15) is 33.9 Å². The number of anilines is 2. The highest BCUT2D eigenvalue weighted by Crippen LogP contribution is 2.43. The third-order valence-electron chi connectivity index (χ3n) is 7.13. The van der Waals surface area contributed by atoms with Gasteiger partial charge in [-0.25, -0.2) is 4.79 Å². The van der Waals surface area contributed by atoms with Crippen molar-refractivity contribution in [2.45, 2.75) is 12.1 Å². The van der Waals surface area contributed by atoms with Crippen molar-refractivity contribution in [3.05, 3.63) is 132 Å². The number of hydrogen-bond acceptors (Lipinski definition) is 7. The molecule has 0 spiro atoms. The zero-order valence-electron chi connectivity index (χ0n) is 23.7. The number of nitrogens with zero attached hydrogens (tertiary/aromatic N) is 2. The van der Waals surface area contributed by atoms with Crippen molar-refractivity contribution in [3.8, 4) is 17.1 Å². The Balaban J connectivity index is 1.26. The lowest BCUT2D eigenvalue weighted by atomic mass is 10.0. The first-order valence-electron chi connectivity index (χ1n) is 13.9.